The van der Waals surface area contributed by atoms with Gasteiger partial charge < -0.3 is 14.4 Å². The Labute approximate surface area is 217 Å². The summed E-state index contributed by atoms with van der Waals surface area (Å²) in [6.07, 6.45) is 5.11. The Balaban J connectivity index is 1.63. The molecule has 0 aromatic heterocycles. The topological polar surface area (TPSA) is 83.0 Å². The number of carbonyl (C=O) groups is 1. The number of rotatable bonds is 8. The number of benzene rings is 2. The zero-order valence-electron chi connectivity index (χ0n) is 20.4. The van der Waals surface area contributed by atoms with Crippen LogP contribution in [0.15, 0.2) is 71.5 Å². The number of carbonyl (C=O) groups excluding carboxylic acids is 1. The normalized spacial score (nSPS) is 20.4. The molecule has 0 radical (unpaired) electrons. The van der Waals surface area contributed by atoms with Crippen molar-refractivity contribution in [2.24, 2.45) is 5.10 Å². The van der Waals surface area contributed by atoms with E-state index in [1.807, 2.05) is 31.2 Å². The lowest BCUT2D eigenvalue weighted by Crippen LogP contribution is -2.36. The molecule has 1 saturated heterocycles. The van der Waals surface area contributed by atoms with E-state index < -0.39 is 34.0 Å². The van der Waals surface area contributed by atoms with Gasteiger partial charge in [-0.3, -0.25) is 10.2 Å². The molecule has 0 aliphatic carbocycles. The van der Waals surface area contributed by atoms with Gasteiger partial charge in [0.15, 0.2) is 5.82 Å². The zero-order valence-corrected chi connectivity index (χ0v) is 21.2. The largest absolute Gasteiger partial charge is 0.378 e. The molecule has 1 unspecified atom stereocenters. The molecule has 1 atom stereocenters. The Kier molecular flexibility index (Phi) is 8.62. The highest BCUT2D eigenvalue weighted by Gasteiger charge is 2.25. The number of halogens is 2. The standard InChI is InChI=1S/C27H28F2N4O3S/c1-3-13-37(35)32-24-8-7-23(28)25(26(24)29)27(34)22-17-31-30-16-20(14-18(22)2)19-5-4-6-21(15-19)33-9-11-36-12-10-33/h4-8,14-17,31-32H,2-3,9-13H2,1H3/b20-14+,22-17+,30-16-. The Morgan fingerprint density at radius 3 is 2.78 bits per heavy atom. The minimum atomic E-state index is -1.56. The first kappa shape index (κ1) is 26.4. The first-order valence-electron chi connectivity index (χ1n) is 11.9. The predicted molar refractivity (Wildman–Crippen MR) is 144 cm³/mol. The number of hydrazone groups is 1. The Bertz CT molecular complexity index is 1320. The van der Waals surface area contributed by atoms with Gasteiger partial charge in [0, 0.05) is 41.9 Å². The Morgan fingerprint density at radius 1 is 1.24 bits per heavy atom. The summed E-state index contributed by atoms with van der Waals surface area (Å²) in [5, 5.41) is 4.13. The van der Waals surface area contributed by atoms with E-state index in [-0.39, 0.29) is 22.6 Å². The SMILES string of the molecule is C=C1/C=C(c2cccc(N3CCOCC3)c2)\C=N/N/C=C\1C(=O)c1c(F)ccc(NS(=O)CCC)c1F. The van der Waals surface area contributed by atoms with Crippen molar-refractivity contribution in [3.05, 3.63) is 89.2 Å². The summed E-state index contributed by atoms with van der Waals surface area (Å²) in [6.45, 7) is 8.69. The van der Waals surface area contributed by atoms with Crippen LogP contribution in [0.25, 0.3) is 5.57 Å². The molecule has 7 nitrogen and oxygen atoms in total. The first-order chi connectivity index (χ1) is 17.9. The lowest BCUT2D eigenvalue weighted by molar-refractivity contribution is 0.102. The molecule has 1 fully saturated rings. The van der Waals surface area contributed by atoms with Crippen molar-refractivity contribution in [3.8, 4) is 0 Å². The molecule has 0 spiro atoms. The van der Waals surface area contributed by atoms with E-state index in [1.54, 1.807) is 12.3 Å². The molecule has 194 valence electrons. The summed E-state index contributed by atoms with van der Waals surface area (Å²) in [5.74, 6) is -2.77. The van der Waals surface area contributed by atoms with Crippen molar-refractivity contribution in [1.29, 1.82) is 0 Å². The number of allylic oxidation sites excluding steroid dienone is 4. The van der Waals surface area contributed by atoms with Gasteiger partial charge in [0.2, 0.25) is 5.78 Å². The van der Waals surface area contributed by atoms with Gasteiger partial charge >= 0.3 is 0 Å². The summed E-state index contributed by atoms with van der Waals surface area (Å²) in [5.41, 5.74) is 4.40. The van der Waals surface area contributed by atoms with Gasteiger partial charge in [-0.2, -0.15) is 5.10 Å². The lowest BCUT2D eigenvalue weighted by Gasteiger charge is -2.29. The van der Waals surface area contributed by atoms with Gasteiger partial charge in [0.05, 0.1) is 30.7 Å². The molecule has 2 aromatic rings. The highest BCUT2D eigenvalue weighted by Crippen LogP contribution is 2.29. The van der Waals surface area contributed by atoms with Gasteiger partial charge in [-0.25, -0.2) is 13.0 Å². The second kappa shape index (κ2) is 12.1. The fraction of sp³-hybridized carbons (Fsp3) is 0.259. The number of hydrogen-bond acceptors (Lipinski definition) is 6. The molecule has 4 rings (SSSR count). The highest BCUT2D eigenvalue weighted by atomic mass is 32.2. The van der Waals surface area contributed by atoms with Crippen LogP contribution in [-0.4, -0.2) is 48.3 Å². The van der Waals surface area contributed by atoms with Gasteiger partial charge in [-0.05, 0) is 47.9 Å². The molecule has 2 aromatic carbocycles. The molecular formula is C27H28F2N4O3S. The fourth-order valence-corrected chi connectivity index (χ4v) is 4.89. The highest BCUT2D eigenvalue weighted by molar-refractivity contribution is 7.86. The van der Waals surface area contributed by atoms with Gasteiger partial charge in [0.25, 0.3) is 0 Å². The average molecular weight is 527 g/mol. The van der Waals surface area contributed by atoms with Crippen LogP contribution in [-0.2, 0) is 15.7 Å². The van der Waals surface area contributed by atoms with Crippen molar-refractivity contribution in [1.82, 2.24) is 5.43 Å². The number of hydrogen-bond donors (Lipinski definition) is 2. The van der Waals surface area contributed by atoms with Crippen molar-refractivity contribution in [2.75, 3.05) is 41.7 Å². The third kappa shape index (κ3) is 6.20. The second-order valence-electron chi connectivity index (χ2n) is 8.48. The van der Waals surface area contributed by atoms with E-state index in [9.17, 15) is 13.4 Å². The van der Waals surface area contributed by atoms with E-state index in [2.05, 4.69) is 26.7 Å². The van der Waals surface area contributed by atoms with E-state index in [1.165, 1.54) is 6.20 Å². The maximum absolute atomic E-state index is 15.2. The smallest absolute Gasteiger partial charge is 0.201 e. The maximum atomic E-state index is 15.2. The molecular weight excluding hydrogens is 498 g/mol. The molecule has 37 heavy (non-hydrogen) atoms. The minimum Gasteiger partial charge on any atom is -0.378 e. The van der Waals surface area contributed by atoms with Gasteiger partial charge in [0.1, 0.15) is 16.8 Å². The lowest BCUT2D eigenvalue weighted by atomic mass is 9.94. The molecule has 0 saturated carbocycles. The van der Waals surface area contributed by atoms with Gasteiger partial charge in [-0.15, -0.1) is 0 Å². The average Bonchev–Trinajstić information content (AvgIpc) is 2.89. The van der Waals surface area contributed by atoms with Crippen LogP contribution in [0.3, 0.4) is 0 Å². The van der Waals surface area contributed by atoms with E-state index in [0.717, 1.165) is 36.5 Å². The van der Waals surface area contributed by atoms with E-state index >= 15 is 4.39 Å². The van der Waals surface area contributed by atoms with Crippen molar-refractivity contribution in [3.63, 3.8) is 0 Å². The number of ether oxygens (including phenoxy) is 1. The number of nitrogens with one attached hydrogen (secondary N) is 2. The fourth-order valence-electron chi connectivity index (χ4n) is 4.01. The molecule has 0 bridgehead atoms. The molecule has 2 aliphatic heterocycles. The van der Waals surface area contributed by atoms with Crippen LogP contribution < -0.4 is 15.0 Å². The molecule has 10 heteroatoms. The van der Waals surface area contributed by atoms with E-state index in [0.29, 0.717) is 25.2 Å². The Morgan fingerprint density at radius 2 is 2.03 bits per heavy atom. The quantitative estimate of drug-likeness (QED) is 0.492. The van der Waals surface area contributed by atoms with Crippen molar-refractivity contribution in [2.45, 2.75) is 13.3 Å². The number of nitrogens with zero attached hydrogens (tertiary/aromatic N) is 2. The number of Topliss-reactive ketones (excluding diaryl/α,β-unsaturated/α-hetero) is 1. The summed E-state index contributed by atoms with van der Waals surface area (Å²) in [7, 11) is -1.56. The van der Waals surface area contributed by atoms with Gasteiger partial charge in [-0.1, -0.05) is 25.6 Å². The summed E-state index contributed by atoms with van der Waals surface area (Å²) < 4.78 is 49.9. The van der Waals surface area contributed by atoms with Crippen molar-refractivity contribution < 1.29 is 22.5 Å². The summed E-state index contributed by atoms with van der Waals surface area (Å²) in [6, 6.07) is 9.95. The predicted octanol–water partition coefficient (Wildman–Crippen LogP) is 4.58. The van der Waals surface area contributed by atoms with Crippen LogP contribution >= 0.6 is 0 Å². The second-order valence-corrected chi connectivity index (χ2v) is 9.79. The van der Waals surface area contributed by atoms with E-state index in [4.69, 9.17) is 4.74 Å². The summed E-state index contributed by atoms with van der Waals surface area (Å²) in [4.78, 5) is 15.5. The number of anilines is 2. The molecule has 2 heterocycles. The van der Waals surface area contributed by atoms with Crippen LogP contribution in [0.1, 0.15) is 29.3 Å². The maximum Gasteiger partial charge on any atom is 0.201 e. The third-order valence-corrected chi connectivity index (χ3v) is 7.12. The third-order valence-electron chi connectivity index (χ3n) is 5.89. The number of ketones is 1. The van der Waals surface area contributed by atoms with Crippen LogP contribution in [0.2, 0.25) is 0 Å². The number of morpholine rings is 1. The zero-order chi connectivity index (χ0) is 26.4. The molecule has 2 N–H and O–H groups in total. The summed E-state index contributed by atoms with van der Waals surface area (Å²) >= 11 is 0. The molecule has 2 aliphatic rings. The van der Waals surface area contributed by atoms with Crippen LogP contribution in [0.4, 0.5) is 20.2 Å². The monoisotopic (exact) mass is 526 g/mol. The van der Waals surface area contributed by atoms with Crippen LogP contribution in [0, 0.1) is 11.6 Å². The Hall–Kier alpha value is -3.63. The first-order valence-corrected chi connectivity index (χ1v) is 13.2. The molecule has 0 amide bonds. The minimum absolute atomic E-state index is 0.0525. The van der Waals surface area contributed by atoms with Crippen molar-refractivity contribution >= 4 is 39.9 Å². The van der Waals surface area contributed by atoms with Crippen LogP contribution in [0.5, 0.6) is 0 Å².